The van der Waals surface area contributed by atoms with E-state index in [4.69, 9.17) is 15.2 Å². The average molecular weight is 420 g/mol. The van der Waals surface area contributed by atoms with Crippen LogP contribution < -0.4 is 15.0 Å². The number of hydrogen-bond donors (Lipinski definition) is 2. The lowest BCUT2D eigenvalue weighted by atomic mass is 9.96. The minimum atomic E-state index is -4.50. The first kappa shape index (κ1) is 19.1. The minimum absolute atomic E-state index is 0.0983. The molecule has 1 aromatic carbocycles. The Balaban J connectivity index is 1.53. The Labute approximate surface area is 170 Å². The normalized spacial score (nSPS) is 20.1. The molecule has 0 amide bonds. The monoisotopic (exact) mass is 420 g/mol. The Morgan fingerprint density at radius 1 is 1.33 bits per heavy atom. The molecule has 0 unspecified atom stereocenters. The lowest BCUT2D eigenvalue weighted by Crippen LogP contribution is -2.59. The van der Waals surface area contributed by atoms with Gasteiger partial charge in [0.05, 0.1) is 6.10 Å². The maximum Gasteiger partial charge on any atom is 0.431 e. The first-order valence-corrected chi connectivity index (χ1v) is 9.63. The van der Waals surface area contributed by atoms with Crippen molar-refractivity contribution in [2.24, 2.45) is 0 Å². The molecule has 0 saturated carbocycles. The summed E-state index contributed by atoms with van der Waals surface area (Å²) >= 11 is 0. The lowest BCUT2D eigenvalue weighted by Gasteiger charge is -2.44. The van der Waals surface area contributed by atoms with Crippen molar-refractivity contribution in [3.63, 3.8) is 0 Å². The number of methoxy groups -OCH3 is 1. The van der Waals surface area contributed by atoms with Crippen LogP contribution in [0.4, 0.5) is 19.0 Å². The topological polar surface area (TPSA) is 80.3 Å². The second kappa shape index (κ2) is 6.85. The zero-order valence-corrected chi connectivity index (χ0v) is 16.2. The second-order valence-corrected chi connectivity index (χ2v) is 7.68. The molecule has 1 saturated heterocycles. The highest BCUT2D eigenvalue weighted by atomic mass is 19.4. The van der Waals surface area contributed by atoms with Gasteiger partial charge in [0, 0.05) is 31.8 Å². The highest BCUT2D eigenvalue weighted by molar-refractivity contribution is 5.85. The van der Waals surface area contributed by atoms with Gasteiger partial charge < -0.3 is 20.2 Å². The fraction of sp³-hybridized carbons (Fsp3) is 0.400. The Bertz CT molecular complexity index is 1110. The summed E-state index contributed by atoms with van der Waals surface area (Å²) in [5, 5.41) is 0.224. The van der Waals surface area contributed by atoms with Crippen LogP contribution in [0.1, 0.15) is 11.3 Å². The number of likely N-dealkylation sites (tertiary alicyclic amines) is 1. The van der Waals surface area contributed by atoms with Gasteiger partial charge in [-0.25, -0.2) is 4.57 Å². The molecular formula is C20H21F3N5O2+. The lowest BCUT2D eigenvalue weighted by molar-refractivity contribution is -0.582. The zero-order valence-electron chi connectivity index (χ0n) is 16.2. The van der Waals surface area contributed by atoms with E-state index in [0.717, 1.165) is 42.6 Å². The highest BCUT2D eigenvalue weighted by Crippen LogP contribution is 2.34. The van der Waals surface area contributed by atoms with E-state index in [-0.39, 0.29) is 29.0 Å². The molecule has 10 heteroatoms. The van der Waals surface area contributed by atoms with E-state index < -0.39 is 11.9 Å². The SMILES string of the molecule is COC1CN([C@H]2COc3cccc(-[n+]4cnc5[nH]c(C(F)(F)F)cc5c4N)c3C2)C1. The summed E-state index contributed by atoms with van der Waals surface area (Å²) < 4.78 is 52.2. The third-order valence-electron chi connectivity index (χ3n) is 5.90. The van der Waals surface area contributed by atoms with Crippen molar-refractivity contribution in [1.29, 1.82) is 0 Å². The Kier molecular flexibility index (Phi) is 4.37. The number of aromatic nitrogens is 3. The largest absolute Gasteiger partial charge is 0.492 e. The van der Waals surface area contributed by atoms with Crippen LogP contribution in [0.2, 0.25) is 0 Å². The standard InChI is InChI=1S/C20H20F3N5O2/c1-29-12-7-27(8-12)11-5-13-15(3-2-4-16(13)30-9-11)28-10-25-19-14(18(28)24)6-17(26-19)20(21,22)23/h2-4,6,10-12H,5,7-9H2,1H3,(H2,24,26)/p+1/t11-/m1/s1. The molecule has 30 heavy (non-hydrogen) atoms. The molecule has 0 bridgehead atoms. The molecular weight excluding hydrogens is 399 g/mol. The summed E-state index contributed by atoms with van der Waals surface area (Å²) in [4.78, 5) is 8.77. The number of rotatable bonds is 3. The molecule has 2 aliphatic heterocycles. The van der Waals surface area contributed by atoms with Crippen molar-refractivity contribution in [3.05, 3.63) is 41.9 Å². The molecule has 1 fully saturated rings. The van der Waals surface area contributed by atoms with Crippen molar-refractivity contribution in [2.45, 2.75) is 24.7 Å². The van der Waals surface area contributed by atoms with Crippen molar-refractivity contribution >= 4 is 16.9 Å². The van der Waals surface area contributed by atoms with E-state index in [1.807, 2.05) is 18.2 Å². The average Bonchev–Trinajstić information content (AvgIpc) is 3.13. The minimum Gasteiger partial charge on any atom is -0.492 e. The second-order valence-electron chi connectivity index (χ2n) is 7.68. The highest BCUT2D eigenvalue weighted by Gasteiger charge is 2.37. The number of halogens is 3. The van der Waals surface area contributed by atoms with Crippen molar-refractivity contribution < 1.29 is 27.2 Å². The smallest absolute Gasteiger partial charge is 0.431 e. The number of alkyl halides is 3. The summed E-state index contributed by atoms with van der Waals surface area (Å²) in [6, 6.07) is 6.80. The van der Waals surface area contributed by atoms with Gasteiger partial charge in [0.2, 0.25) is 17.8 Å². The van der Waals surface area contributed by atoms with Crippen molar-refractivity contribution in [3.8, 4) is 11.4 Å². The van der Waals surface area contributed by atoms with Crippen molar-refractivity contribution in [1.82, 2.24) is 14.9 Å². The maximum atomic E-state index is 13.1. The molecule has 3 aromatic rings. The number of benzene rings is 1. The Morgan fingerprint density at radius 2 is 2.13 bits per heavy atom. The molecule has 7 nitrogen and oxygen atoms in total. The molecule has 158 valence electrons. The molecule has 2 aliphatic rings. The van der Waals surface area contributed by atoms with E-state index >= 15 is 0 Å². The van der Waals surface area contributed by atoms with E-state index in [0.29, 0.717) is 6.61 Å². The number of nitrogens with two attached hydrogens (primary N) is 1. The predicted octanol–water partition coefficient (Wildman–Crippen LogP) is 2.07. The van der Waals surface area contributed by atoms with Gasteiger partial charge in [-0.05, 0) is 24.6 Å². The summed E-state index contributed by atoms with van der Waals surface area (Å²) in [6.45, 7) is 2.29. The van der Waals surface area contributed by atoms with Gasteiger partial charge >= 0.3 is 6.18 Å². The number of nitrogens with one attached hydrogen (secondary N) is 1. The molecule has 0 spiro atoms. The van der Waals surface area contributed by atoms with Crippen molar-refractivity contribution in [2.75, 3.05) is 32.5 Å². The van der Waals surface area contributed by atoms with E-state index in [9.17, 15) is 13.2 Å². The van der Waals surface area contributed by atoms with Crippen LogP contribution >= 0.6 is 0 Å². The zero-order chi connectivity index (χ0) is 21.0. The molecule has 0 aliphatic carbocycles. The summed E-state index contributed by atoms with van der Waals surface area (Å²) in [7, 11) is 1.71. The van der Waals surface area contributed by atoms with Crippen LogP contribution in [-0.2, 0) is 17.3 Å². The van der Waals surface area contributed by atoms with Gasteiger partial charge in [0.15, 0.2) is 0 Å². The fourth-order valence-electron chi connectivity index (χ4n) is 4.14. The molecule has 3 N–H and O–H groups in total. The number of aromatic amines is 1. The van der Waals surface area contributed by atoms with E-state index in [1.54, 1.807) is 11.7 Å². The van der Waals surface area contributed by atoms with E-state index in [2.05, 4.69) is 14.9 Å². The summed E-state index contributed by atoms with van der Waals surface area (Å²) in [5.74, 6) is 0.940. The first-order chi connectivity index (χ1) is 14.3. The van der Waals surface area contributed by atoms with Crippen LogP contribution in [0.15, 0.2) is 30.6 Å². The predicted molar refractivity (Wildman–Crippen MR) is 102 cm³/mol. The van der Waals surface area contributed by atoms with Gasteiger partial charge in [0.25, 0.3) is 0 Å². The number of nitrogen functional groups attached to an aromatic ring is 1. The Morgan fingerprint density at radius 3 is 2.87 bits per heavy atom. The maximum absolute atomic E-state index is 13.1. The number of H-pyrrole nitrogens is 1. The number of hydrogen-bond acceptors (Lipinski definition) is 5. The van der Waals surface area contributed by atoms with Crippen LogP contribution in [-0.4, -0.2) is 53.8 Å². The summed E-state index contributed by atoms with van der Waals surface area (Å²) in [6.07, 6.45) is -2.07. The number of nitrogens with zero attached hydrogens (tertiary/aromatic N) is 3. The molecule has 4 heterocycles. The third kappa shape index (κ3) is 3.07. The van der Waals surface area contributed by atoms with Crippen LogP contribution in [0, 0.1) is 0 Å². The van der Waals surface area contributed by atoms with Gasteiger partial charge in [-0.3, -0.25) is 4.90 Å². The van der Waals surface area contributed by atoms with E-state index in [1.165, 1.54) is 6.33 Å². The number of fused-ring (bicyclic) bond motifs is 2. The molecule has 5 rings (SSSR count). The van der Waals surface area contributed by atoms with Gasteiger partial charge in [0.1, 0.15) is 29.1 Å². The van der Waals surface area contributed by atoms with Gasteiger partial charge in [-0.1, -0.05) is 11.1 Å². The number of anilines is 1. The third-order valence-corrected chi connectivity index (χ3v) is 5.90. The molecule has 1 atom stereocenters. The number of ether oxygens (including phenoxy) is 2. The summed E-state index contributed by atoms with van der Waals surface area (Å²) in [5.41, 5.74) is 7.21. The van der Waals surface area contributed by atoms with Crippen LogP contribution in [0.25, 0.3) is 16.7 Å². The van der Waals surface area contributed by atoms with Gasteiger partial charge in [-0.15, -0.1) is 0 Å². The van der Waals surface area contributed by atoms with Gasteiger partial charge in [-0.2, -0.15) is 13.2 Å². The molecule has 0 radical (unpaired) electrons. The quantitative estimate of drug-likeness (QED) is 0.635. The molecule has 2 aromatic heterocycles. The first-order valence-electron chi connectivity index (χ1n) is 9.63. The van der Waals surface area contributed by atoms with Crippen LogP contribution in [0.3, 0.4) is 0 Å². The van der Waals surface area contributed by atoms with Crippen LogP contribution in [0.5, 0.6) is 5.75 Å². The Hall–Kier alpha value is -2.85. The fourth-order valence-corrected chi connectivity index (χ4v) is 4.14.